The van der Waals surface area contributed by atoms with Gasteiger partial charge in [-0.2, -0.15) is 0 Å². The van der Waals surface area contributed by atoms with Crippen molar-refractivity contribution in [3.05, 3.63) is 65.6 Å². The first-order chi connectivity index (χ1) is 10.4. The molecule has 1 aliphatic heterocycles. The van der Waals surface area contributed by atoms with Crippen LogP contribution in [0.15, 0.2) is 48.7 Å². The number of hydrogen-bond donors (Lipinski definition) is 1. The first kappa shape index (κ1) is 12.2. The second kappa shape index (κ2) is 5.08. The molecule has 0 spiro atoms. The Morgan fingerprint density at radius 1 is 1.10 bits per heavy atom. The molecule has 0 aliphatic carbocycles. The number of hydrogen-bond acceptors (Lipinski definition) is 2. The van der Waals surface area contributed by atoms with Crippen LogP contribution in [0.3, 0.4) is 0 Å². The molecular weight excluding hydrogens is 258 g/mol. The van der Waals surface area contributed by atoms with Crippen molar-refractivity contribution in [1.82, 2.24) is 14.9 Å². The zero-order chi connectivity index (χ0) is 14.1. The van der Waals surface area contributed by atoms with Crippen LogP contribution in [0.4, 0.5) is 0 Å². The summed E-state index contributed by atoms with van der Waals surface area (Å²) < 4.78 is 2.14. The normalized spacial score (nSPS) is 13.5. The maximum Gasteiger partial charge on any atom is 0.114 e. The molecule has 102 valence electrons. The molecule has 3 nitrogen and oxygen atoms in total. The van der Waals surface area contributed by atoms with Crippen LogP contribution in [0.5, 0.6) is 0 Å². The molecule has 4 rings (SSSR count). The molecule has 3 aromatic rings. The monoisotopic (exact) mass is 273 g/mol. The highest BCUT2D eigenvalue weighted by molar-refractivity contribution is 5.86. The number of benzene rings is 1. The summed E-state index contributed by atoms with van der Waals surface area (Å²) in [5, 5.41) is 4.75. The number of rotatable bonds is 0. The van der Waals surface area contributed by atoms with E-state index in [-0.39, 0.29) is 0 Å². The second-order valence-electron chi connectivity index (χ2n) is 5.16. The smallest absolute Gasteiger partial charge is 0.114 e. The molecule has 1 N–H and O–H groups in total. The summed E-state index contributed by atoms with van der Waals surface area (Å²) in [5.41, 5.74) is 4.71. The van der Waals surface area contributed by atoms with E-state index >= 15 is 0 Å². The van der Waals surface area contributed by atoms with E-state index in [9.17, 15) is 0 Å². The van der Waals surface area contributed by atoms with E-state index < -0.39 is 0 Å². The predicted molar refractivity (Wildman–Crippen MR) is 83.9 cm³/mol. The fraction of sp³-hybridized carbons (Fsp3) is 0.167. The maximum absolute atomic E-state index is 4.27. The Hall–Kier alpha value is -2.57. The Bertz CT molecular complexity index is 851. The fourth-order valence-corrected chi connectivity index (χ4v) is 2.92. The molecule has 0 saturated heterocycles. The summed E-state index contributed by atoms with van der Waals surface area (Å²) in [6.45, 7) is 1.93. The SMILES string of the molecule is C(#Cn1c2c(c3ccccc31)CNCC2)c1ccccn1. The Morgan fingerprint density at radius 2 is 2.00 bits per heavy atom. The number of fused-ring (bicyclic) bond motifs is 3. The molecule has 3 heterocycles. The lowest BCUT2D eigenvalue weighted by atomic mass is 10.1. The topological polar surface area (TPSA) is 29.9 Å². The molecule has 0 atom stereocenters. The van der Waals surface area contributed by atoms with Gasteiger partial charge in [0.15, 0.2) is 0 Å². The van der Waals surface area contributed by atoms with Crippen LogP contribution < -0.4 is 5.32 Å². The largest absolute Gasteiger partial charge is 0.312 e. The van der Waals surface area contributed by atoms with Crippen molar-refractivity contribution >= 4 is 10.9 Å². The first-order valence-electron chi connectivity index (χ1n) is 7.18. The van der Waals surface area contributed by atoms with Crippen molar-refractivity contribution in [3.8, 4) is 12.0 Å². The summed E-state index contributed by atoms with van der Waals surface area (Å²) in [6.07, 6.45) is 2.79. The van der Waals surface area contributed by atoms with Gasteiger partial charge in [-0.1, -0.05) is 24.3 Å². The average Bonchev–Trinajstić information content (AvgIpc) is 2.88. The summed E-state index contributed by atoms with van der Waals surface area (Å²) in [6, 6.07) is 17.6. The molecule has 3 heteroatoms. The van der Waals surface area contributed by atoms with Gasteiger partial charge in [0.2, 0.25) is 0 Å². The minimum atomic E-state index is 0.804. The quantitative estimate of drug-likeness (QED) is 0.638. The molecule has 0 bridgehead atoms. The molecule has 0 unspecified atom stereocenters. The van der Waals surface area contributed by atoms with Gasteiger partial charge in [-0.3, -0.25) is 4.57 Å². The lowest BCUT2D eigenvalue weighted by molar-refractivity contribution is 0.633. The first-order valence-corrected chi connectivity index (χ1v) is 7.18. The van der Waals surface area contributed by atoms with Gasteiger partial charge in [-0.25, -0.2) is 4.98 Å². The Balaban J connectivity index is 1.91. The van der Waals surface area contributed by atoms with Crippen LogP contribution in [0.2, 0.25) is 0 Å². The van der Waals surface area contributed by atoms with Crippen LogP contribution >= 0.6 is 0 Å². The van der Waals surface area contributed by atoms with Crippen molar-refractivity contribution in [2.24, 2.45) is 0 Å². The van der Waals surface area contributed by atoms with Crippen molar-refractivity contribution in [3.63, 3.8) is 0 Å². The molecule has 0 saturated carbocycles. The summed E-state index contributed by atoms with van der Waals surface area (Å²) in [4.78, 5) is 4.27. The number of nitrogens with one attached hydrogen (secondary N) is 1. The van der Waals surface area contributed by atoms with E-state index in [1.54, 1.807) is 6.20 Å². The molecule has 21 heavy (non-hydrogen) atoms. The minimum absolute atomic E-state index is 0.804. The van der Waals surface area contributed by atoms with Gasteiger partial charge < -0.3 is 5.32 Å². The van der Waals surface area contributed by atoms with Crippen LogP contribution in [0.1, 0.15) is 17.0 Å². The molecule has 1 aliphatic rings. The van der Waals surface area contributed by atoms with Crippen LogP contribution in [0, 0.1) is 12.0 Å². The maximum atomic E-state index is 4.27. The molecule has 2 aromatic heterocycles. The van der Waals surface area contributed by atoms with E-state index in [0.29, 0.717) is 0 Å². The highest BCUT2D eigenvalue weighted by atomic mass is 15.0. The lowest BCUT2D eigenvalue weighted by Crippen LogP contribution is -2.24. The molecule has 0 fully saturated rings. The number of aromatic nitrogens is 2. The highest BCUT2D eigenvalue weighted by Crippen LogP contribution is 2.27. The van der Waals surface area contributed by atoms with Gasteiger partial charge in [0.05, 0.1) is 5.52 Å². The van der Waals surface area contributed by atoms with Gasteiger partial charge in [0, 0.05) is 42.8 Å². The van der Waals surface area contributed by atoms with Crippen molar-refractivity contribution in [1.29, 1.82) is 0 Å². The van der Waals surface area contributed by atoms with Gasteiger partial charge in [0.1, 0.15) is 5.69 Å². The van der Waals surface area contributed by atoms with E-state index in [1.807, 2.05) is 18.2 Å². The lowest BCUT2D eigenvalue weighted by Gasteiger charge is -2.14. The van der Waals surface area contributed by atoms with E-state index in [0.717, 1.165) is 25.2 Å². The third-order valence-corrected chi connectivity index (χ3v) is 3.89. The van der Waals surface area contributed by atoms with E-state index in [2.05, 4.69) is 51.1 Å². The van der Waals surface area contributed by atoms with Gasteiger partial charge in [0.25, 0.3) is 0 Å². The zero-order valence-corrected chi connectivity index (χ0v) is 11.6. The summed E-state index contributed by atoms with van der Waals surface area (Å²) in [7, 11) is 0. The third-order valence-electron chi connectivity index (χ3n) is 3.89. The average molecular weight is 273 g/mol. The predicted octanol–water partition coefficient (Wildman–Crippen LogP) is 2.54. The van der Waals surface area contributed by atoms with E-state index in [4.69, 9.17) is 0 Å². The number of nitrogens with zero attached hydrogens (tertiary/aromatic N) is 2. The Kier molecular flexibility index (Phi) is 2.95. The molecule has 1 aromatic carbocycles. The van der Waals surface area contributed by atoms with Gasteiger partial charge in [-0.15, -0.1) is 0 Å². The highest BCUT2D eigenvalue weighted by Gasteiger charge is 2.18. The second-order valence-corrected chi connectivity index (χ2v) is 5.16. The van der Waals surface area contributed by atoms with E-state index in [1.165, 1.54) is 22.2 Å². The van der Waals surface area contributed by atoms with Crippen LogP contribution in [-0.2, 0) is 13.0 Å². The number of pyridine rings is 1. The zero-order valence-electron chi connectivity index (χ0n) is 11.6. The standard InChI is InChI=1S/C18H15N3/c1-2-7-17-15(6-1)16-13-19-11-8-18(16)21(17)12-9-14-5-3-4-10-20-14/h1-7,10,19H,8,11,13H2. The van der Waals surface area contributed by atoms with Crippen LogP contribution in [-0.4, -0.2) is 16.1 Å². The Labute approximate surface area is 123 Å². The molecule has 0 radical (unpaired) electrons. The molecular formula is C18H15N3. The fourth-order valence-electron chi connectivity index (χ4n) is 2.92. The van der Waals surface area contributed by atoms with Crippen molar-refractivity contribution in [2.75, 3.05) is 6.54 Å². The minimum Gasteiger partial charge on any atom is -0.312 e. The van der Waals surface area contributed by atoms with Crippen molar-refractivity contribution < 1.29 is 0 Å². The Morgan fingerprint density at radius 3 is 2.90 bits per heavy atom. The summed E-state index contributed by atoms with van der Waals surface area (Å²) in [5.74, 6) is 3.17. The van der Waals surface area contributed by atoms with Crippen molar-refractivity contribution in [2.45, 2.75) is 13.0 Å². The third kappa shape index (κ3) is 2.10. The van der Waals surface area contributed by atoms with Crippen LogP contribution in [0.25, 0.3) is 10.9 Å². The van der Waals surface area contributed by atoms with Gasteiger partial charge in [-0.05, 0) is 29.7 Å². The van der Waals surface area contributed by atoms with Gasteiger partial charge >= 0.3 is 0 Å². The number of para-hydroxylation sites is 1. The molecule has 0 amide bonds. The summed E-state index contributed by atoms with van der Waals surface area (Å²) >= 11 is 0.